The quantitative estimate of drug-likeness (QED) is 0.222. The van der Waals surface area contributed by atoms with Crippen molar-refractivity contribution in [2.24, 2.45) is 4.81 Å². The summed E-state index contributed by atoms with van der Waals surface area (Å²) in [5.74, 6) is 0. The molecule has 0 bridgehead atoms. The number of nitrogens with zero attached hydrogens (tertiary/aromatic N) is 1. The van der Waals surface area contributed by atoms with Gasteiger partial charge in [0.15, 0.2) is 0 Å². The molecule has 35 heteroatoms. The molecule has 0 aliphatic heterocycles. The molecule has 0 aromatic rings. The normalized spacial score (nSPS) is 9.60. The van der Waals surface area contributed by atoms with Crippen molar-refractivity contribution < 1.29 is 0 Å². The molecule has 0 fully saturated rings. The summed E-state index contributed by atoms with van der Waals surface area (Å²) in [6, 6.07) is 0. The van der Waals surface area contributed by atoms with Gasteiger partial charge in [-0.1, -0.05) is 0 Å². The molecule has 0 aromatic heterocycles. The van der Waals surface area contributed by atoms with Crippen molar-refractivity contribution in [3.8, 4) is 0 Å². The van der Waals surface area contributed by atoms with Gasteiger partial charge in [0.25, 0.3) is 0 Å². The summed E-state index contributed by atoms with van der Waals surface area (Å²) in [5.41, 5.74) is 0. The van der Waals surface area contributed by atoms with Gasteiger partial charge in [-0.3, -0.25) is 0 Å². The Hall–Kier alpha value is 2.01. The number of hydrogen-bond acceptors (Lipinski definition) is 1. The second kappa shape index (κ2) is 17.6. The third kappa shape index (κ3) is 11.2. The van der Waals surface area contributed by atoms with Crippen LogP contribution in [0.25, 0.3) is 0 Å². The predicted molar refractivity (Wildman–Crippen MR) is 247 cm³/mol. The van der Waals surface area contributed by atoms with E-state index in [2.05, 4.69) is 138 Å². The Labute approximate surface area is 245 Å². The Morgan fingerprint density at radius 1 is 0.429 bits per heavy atom. The molecule has 142 valence electrons. The van der Waals surface area contributed by atoms with E-state index in [1.807, 2.05) is 0 Å². The molecule has 0 N–H and O–H groups in total. The molecule has 0 saturated carbocycles. The molecule has 0 heterocycles. The molecule has 0 radical (unpaired) electrons. The Morgan fingerprint density at radius 2 is 0.743 bits per heavy atom. The summed E-state index contributed by atoms with van der Waals surface area (Å²) in [6.07, 6.45) is 9.07. The number of hydrogen-bond donors (Lipinski definition) is 0. The van der Waals surface area contributed by atoms with Crippen molar-refractivity contribution in [2.75, 3.05) is 0 Å². The molecular weight excluding hydrogens is 382 g/mol. The fraction of sp³-hybridized carbons (Fsp3) is 0. The summed E-state index contributed by atoms with van der Waals surface area (Å²) in [6.45, 7) is 2.92. The van der Waals surface area contributed by atoms with Crippen molar-refractivity contribution in [2.45, 2.75) is 0 Å². The van der Waals surface area contributed by atoms with E-state index < -0.39 is 0 Å². The van der Waals surface area contributed by atoms with Gasteiger partial charge in [0.05, 0.1) is 0 Å². The van der Waals surface area contributed by atoms with Gasteiger partial charge in [-0.15, -0.1) is 0 Å². The molecule has 0 amide bonds. The zero-order valence-corrected chi connectivity index (χ0v) is 27.4. The second-order valence-electron chi connectivity index (χ2n) is 14.7. The van der Waals surface area contributed by atoms with Crippen molar-refractivity contribution in [1.29, 1.82) is 0 Å². The molecule has 0 saturated heterocycles. The van der Waals surface area contributed by atoms with E-state index in [1.165, 1.54) is 7.06 Å². The first-order chi connectivity index (χ1) is 16.0. The van der Waals surface area contributed by atoms with Gasteiger partial charge in [-0.25, -0.2) is 0 Å². The fourth-order valence-corrected chi connectivity index (χ4v) is 8.32. The maximum atomic E-state index is 5.79. The van der Waals surface area contributed by atoms with Crippen LogP contribution in [-0.4, -0.2) is 242 Å². The average Bonchev–Trinajstić information content (AvgIpc) is 2.66. The zero-order chi connectivity index (χ0) is 27.8. The Bertz CT molecular complexity index is 521. The Kier molecular flexibility index (Phi) is 18.7. The van der Waals surface area contributed by atoms with Crippen molar-refractivity contribution >= 4 is 242 Å². The summed E-state index contributed by atoms with van der Waals surface area (Å²) >= 11 is 0. The molecule has 0 unspecified atom stereocenters. The van der Waals surface area contributed by atoms with Crippen LogP contribution in [0.15, 0.2) is 4.81 Å². The minimum absolute atomic E-state index is 0.393. The van der Waals surface area contributed by atoms with Gasteiger partial charge in [0.2, 0.25) is 0 Å². The Morgan fingerprint density at radius 3 is 0.971 bits per heavy atom. The van der Waals surface area contributed by atoms with E-state index in [1.54, 1.807) is 0 Å². The first kappa shape index (κ1) is 37.0. The van der Waals surface area contributed by atoms with Gasteiger partial charge < -0.3 is 0 Å². The molecule has 0 spiro atoms. The average molecular weight is 417 g/mol. The first-order valence-electron chi connectivity index (χ1n) is 15.5. The maximum absolute atomic E-state index is 5.79. The van der Waals surface area contributed by atoms with Crippen molar-refractivity contribution in [3.05, 3.63) is 0 Å². The van der Waals surface area contributed by atoms with Crippen LogP contribution in [0, 0.1) is 0 Å². The van der Waals surface area contributed by atoms with Gasteiger partial charge in [0, 0.05) is 0 Å². The number of rotatable bonds is 16. The second-order valence-corrected chi connectivity index (χ2v) is 14.7. The van der Waals surface area contributed by atoms with E-state index >= 15 is 0 Å². The van der Waals surface area contributed by atoms with E-state index in [0.717, 1.165) is 0 Å². The molecule has 0 atom stereocenters. The molecule has 0 aliphatic rings. The first-order valence-corrected chi connectivity index (χ1v) is 15.5. The van der Waals surface area contributed by atoms with Crippen LogP contribution < -0.4 is 0 Å². The van der Waals surface area contributed by atoms with Crippen LogP contribution in [0.1, 0.15) is 0 Å². The van der Waals surface area contributed by atoms with Crippen molar-refractivity contribution in [1.82, 2.24) is 0 Å². The van der Waals surface area contributed by atoms with E-state index in [9.17, 15) is 0 Å². The summed E-state index contributed by atoms with van der Waals surface area (Å²) < 4.78 is 0. The van der Waals surface area contributed by atoms with Crippen LogP contribution in [-0.2, 0) is 0 Å². The van der Waals surface area contributed by atoms with Gasteiger partial charge in [-0.05, 0) is 0 Å². The zero-order valence-electron chi connectivity index (χ0n) is 27.4. The van der Waals surface area contributed by atoms with Gasteiger partial charge >= 0.3 is 246 Å². The SMILES string of the molecule is BBB(B(B)B)B(B(B)B)B(/N=B/B(B(B(B)B)B(B)B)B(B(B)B)B(B)B)B(B(B)B)B(B)B. The summed E-state index contributed by atoms with van der Waals surface area (Å²) in [5, 5.41) is 0. The summed E-state index contributed by atoms with van der Waals surface area (Å²) in [7, 11) is 42.7. The molecule has 1 nitrogen and oxygen atoms in total. The van der Waals surface area contributed by atoms with Crippen LogP contribution in [0.3, 0.4) is 0 Å². The van der Waals surface area contributed by atoms with Crippen LogP contribution in [0.5, 0.6) is 0 Å². The van der Waals surface area contributed by atoms with Gasteiger partial charge in [-0.2, -0.15) is 0 Å². The predicted octanol–water partition coefficient (Wildman–Crippen LogP) is -22.1. The van der Waals surface area contributed by atoms with Crippen LogP contribution in [0.4, 0.5) is 0 Å². The minimum atomic E-state index is 0.393. The van der Waals surface area contributed by atoms with Crippen molar-refractivity contribution in [3.63, 3.8) is 0 Å². The summed E-state index contributed by atoms with van der Waals surface area (Å²) in [4.78, 5) is 5.79. The van der Waals surface area contributed by atoms with Crippen LogP contribution >= 0.6 is 0 Å². The fourth-order valence-electron chi connectivity index (χ4n) is 8.32. The van der Waals surface area contributed by atoms with E-state index in [4.69, 9.17) is 4.81 Å². The Balaban J connectivity index is 7.01. The third-order valence-electron chi connectivity index (χ3n) is 9.32. The topological polar surface area (TPSA) is 12.4 Å². The third-order valence-corrected chi connectivity index (χ3v) is 9.32. The van der Waals surface area contributed by atoms with Gasteiger partial charge in [0.1, 0.15) is 0 Å². The molecule has 0 aromatic carbocycles. The van der Waals surface area contributed by atoms with E-state index in [-0.39, 0.29) is 0 Å². The molecule has 0 aliphatic carbocycles. The standard InChI is InChI=1S/B34H35N/c1-18-28(20(2)3)33(27(16)17)34(32(25(12)13)26(14)15)35-19-29(30(21(4)5)22(6)7)31(23(8)9)24(10)11/h18H,1-17H2. The molecule has 35 heavy (non-hydrogen) atoms. The molecular formula is H35B34N. The molecule has 0 rings (SSSR count). The monoisotopic (exact) mass is 424 g/mol. The van der Waals surface area contributed by atoms with Crippen LogP contribution in [0.2, 0.25) is 0 Å². The van der Waals surface area contributed by atoms with E-state index in [0.29, 0.717) is 96.0 Å².